The first-order chi connectivity index (χ1) is 9.33. The Balaban J connectivity index is 2.02. The van der Waals surface area contributed by atoms with Crippen LogP contribution in [-0.2, 0) is 0 Å². The lowest BCUT2D eigenvalue weighted by atomic mass is 10.1. The molecule has 3 rings (SSSR count). The van der Waals surface area contributed by atoms with E-state index in [4.69, 9.17) is 4.42 Å². The number of furan rings is 1. The molecule has 19 heavy (non-hydrogen) atoms. The van der Waals surface area contributed by atoms with Gasteiger partial charge in [0.2, 0.25) is 0 Å². The average molecular weight is 252 g/mol. The summed E-state index contributed by atoms with van der Waals surface area (Å²) in [5, 5.41) is 0. The number of rotatable bonds is 1. The third-order valence-corrected chi connectivity index (χ3v) is 3.14. The molecule has 2 aromatic heterocycles. The quantitative estimate of drug-likeness (QED) is 0.763. The second kappa shape index (κ2) is 5.22. The fourth-order valence-corrected chi connectivity index (χ4v) is 2.15. The zero-order chi connectivity index (χ0) is 13.1. The number of hydrogen-bond acceptors (Lipinski definition) is 3. The van der Waals surface area contributed by atoms with Gasteiger partial charge in [-0.15, -0.1) is 0 Å². The average Bonchev–Trinajstić information content (AvgIpc) is 2.85. The minimum absolute atomic E-state index is 0.741. The molecular formula is C16H16N2O. The van der Waals surface area contributed by atoms with Crippen molar-refractivity contribution in [3.8, 4) is 0 Å². The highest BCUT2D eigenvalue weighted by Crippen LogP contribution is 2.25. The van der Waals surface area contributed by atoms with Crippen LogP contribution in [0.4, 0.5) is 0 Å². The van der Waals surface area contributed by atoms with Gasteiger partial charge in [-0.3, -0.25) is 0 Å². The Bertz CT molecular complexity index is 677. The second-order valence-corrected chi connectivity index (χ2v) is 4.65. The van der Waals surface area contributed by atoms with Crippen LogP contribution in [0.15, 0.2) is 47.1 Å². The van der Waals surface area contributed by atoms with Gasteiger partial charge in [-0.05, 0) is 26.2 Å². The molecule has 0 aliphatic heterocycles. The van der Waals surface area contributed by atoms with Gasteiger partial charge in [0.25, 0.3) is 0 Å². The minimum atomic E-state index is 0.741. The van der Waals surface area contributed by atoms with Crippen LogP contribution in [0.25, 0.3) is 16.7 Å². The Morgan fingerprint density at radius 3 is 3.11 bits per heavy atom. The van der Waals surface area contributed by atoms with Crippen molar-refractivity contribution in [3.05, 3.63) is 54.2 Å². The second-order valence-electron chi connectivity index (χ2n) is 4.65. The lowest BCUT2D eigenvalue weighted by Gasteiger charge is -1.96. The van der Waals surface area contributed by atoms with E-state index in [1.54, 1.807) is 6.20 Å². The Hall–Kier alpha value is -2.16. The number of nitrogens with zero attached hydrogens (tertiary/aromatic N) is 2. The molecule has 3 nitrogen and oxygen atoms in total. The Morgan fingerprint density at radius 1 is 1.21 bits per heavy atom. The van der Waals surface area contributed by atoms with Crippen molar-refractivity contribution < 1.29 is 4.42 Å². The summed E-state index contributed by atoms with van der Waals surface area (Å²) in [5.74, 6) is 1.63. The summed E-state index contributed by atoms with van der Waals surface area (Å²) in [6, 6.07) is 1.99. The molecule has 0 atom stereocenters. The third-order valence-electron chi connectivity index (χ3n) is 3.14. The predicted octanol–water partition coefficient (Wildman–Crippen LogP) is 4.21. The van der Waals surface area contributed by atoms with E-state index >= 15 is 0 Å². The zero-order valence-corrected chi connectivity index (χ0v) is 11.0. The largest absolute Gasteiger partial charge is 0.453 e. The predicted molar refractivity (Wildman–Crippen MR) is 76.6 cm³/mol. The maximum atomic E-state index is 5.83. The zero-order valence-electron chi connectivity index (χ0n) is 11.0. The van der Waals surface area contributed by atoms with Crippen molar-refractivity contribution in [2.75, 3.05) is 0 Å². The fourth-order valence-electron chi connectivity index (χ4n) is 2.15. The molecule has 0 aromatic carbocycles. The van der Waals surface area contributed by atoms with Crippen LogP contribution in [0.5, 0.6) is 0 Å². The SMILES string of the molecule is Cc1ncc2oc(C3=C\CCC/C=C/C=C\3)cc2n1. The number of fused-ring (bicyclic) bond motifs is 1. The van der Waals surface area contributed by atoms with E-state index in [1.807, 2.05) is 13.0 Å². The molecule has 0 fully saturated rings. The van der Waals surface area contributed by atoms with Gasteiger partial charge >= 0.3 is 0 Å². The first-order valence-electron chi connectivity index (χ1n) is 6.60. The van der Waals surface area contributed by atoms with Crippen LogP contribution in [0.2, 0.25) is 0 Å². The Labute approximate surface area is 112 Å². The molecule has 2 aromatic rings. The van der Waals surface area contributed by atoms with Crippen molar-refractivity contribution in [2.45, 2.75) is 26.2 Å². The van der Waals surface area contributed by atoms with Crippen molar-refractivity contribution in [3.63, 3.8) is 0 Å². The molecule has 96 valence electrons. The first kappa shape index (κ1) is 11.9. The first-order valence-corrected chi connectivity index (χ1v) is 6.60. The monoisotopic (exact) mass is 252 g/mol. The smallest absolute Gasteiger partial charge is 0.171 e. The van der Waals surface area contributed by atoms with E-state index in [0.717, 1.165) is 41.1 Å². The van der Waals surface area contributed by atoms with Crippen LogP contribution in [0.3, 0.4) is 0 Å². The van der Waals surface area contributed by atoms with Crippen molar-refractivity contribution >= 4 is 16.7 Å². The summed E-state index contributed by atoms with van der Waals surface area (Å²) in [4.78, 5) is 8.54. The van der Waals surface area contributed by atoms with Gasteiger partial charge in [0.15, 0.2) is 5.58 Å². The lowest BCUT2D eigenvalue weighted by molar-refractivity contribution is 0.598. The third kappa shape index (κ3) is 2.65. The molecule has 3 heteroatoms. The number of allylic oxidation sites excluding steroid dienone is 6. The summed E-state index contributed by atoms with van der Waals surface area (Å²) in [6.45, 7) is 1.88. The molecule has 0 spiro atoms. The van der Waals surface area contributed by atoms with Gasteiger partial charge < -0.3 is 4.42 Å². The molecule has 2 heterocycles. The molecule has 0 radical (unpaired) electrons. The highest BCUT2D eigenvalue weighted by Gasteiger charge is 2.08. The Morgan fingerprint density at radius 2 is 2.16 bits per heavy atom. The van der Waals surface area contributed by atoms with E-state index in [9.17, 15) is 0 Å². The van der Waals surface area contributed by atoms with E-state index in [2.05, 4.69) is 40.3 Å². The highest BCUT2D eigenvalue weighted by molar-refractivity contribution is 5.81. The number of aryl methyl sites for hydroxylation is 1. The molecule has 0 N–H and O–H groups in total. The van der Waals surface area contributed by atoms with E-state index in [0.29, 0.717) is 0 Å². The van der Waals surface area contributed by atoms with Gasteiger partial charge in [0.05, 0.1) is 6.20 Å². The molecule has 0 bridgehead atoms. The van der Waals surface area contributed by atoms with Crippen molar-refractivity contribution in [2.24, 2.45) is 0 Å². The van der Waals surface area contributed by atoms with Gasteiger partial charge in [-0.2, -0.15) is 0 Å². The van der Waals surface area contributed by atoms with Crippen LogP contribution in [0.1, 0.15) is 30.8 Å². The van der Waals surface area contributed by atoms with Gasteiger partial charge in [0.1, 0.15) is 17.1 Å². The molecule has 1 aliphatic rings. The van der Waals surface area contributed by atoms with Crippen molar-refractivity contribution in [1.82, 2.24) is 9.97 Å². The molecule has 0 unspecified atom stereocenters. The molecule has 1 aliphatic carbocycles. The number of hydrogen-bond donors (Lipinski definition) is 0. The Kier molecular flexibility index (Phi) is 3.27. The van der Waals surface area contributed by atoms with Crippen molar-refractivity contribution in [1.29, 1.82) is 0 Å². The summed E-state index contributed by atoms with van der Waals surface area (Å²) < 4.78 is 5.83. The van der Waals surface area contributed by atoms with Crippen LogP contribution >= 0.6 is 0 Å². The minimum Gasteiger partial charge on any atom is -0.453 e. The van der Waals surface area contributed by atoms with Gasteiger partial charge in [-0.25, -0.2) is 9.97 Å². The standard InChI is InChI=1S/C16H16N2O/c1-12-17-11-16-14(18-12)10-15(19-16)13-8-6-4-2-3-5-7-9-13/h2,4,6,8-11H,3,5,7H2,1H3/b4-2+,8-6-,13-9-. The topological polar surface area (TPSA) is 38.9 Å². The molecule has 0 amide bonds. The van der Waals surface area contributed by atoms with E-state index < -0.39 is 0 Å². The van der Waals surface area contributed by atoms with Gasteiger partial charge in [0, 0.05) is 11.6 Å². The van der Waals surface area contributed by atoms with Crippen LogP contribution in [0, 0.1) is 6.92 Å². The van der Waals surface area contributed by atoms with E-state index in [1.165, 1.54) is 6.42 Å². The lowest BCUT2D eigenvalue weighted by Crippen LogP contribution is -1.83. The fraction of sp³-hybridized carbons (Fsp3) is 0.250. The van der Waals surface area contributed by atoms with Crippen LogP contribution in [-0.4, -0.2) is 9.97 Å². The summed E-state index contributed by atoms with van der Waals surface area (Å²) >= 11 is 0. The molecular weight excluding hydrogens is 236 g/mol. The summed E-state index contributed by atoms with van der Waals surface area (Å²) in [7, 11) is 0. The summed E-state index contributed by atoms with van der Waals surface area (Å²) in [5.41, 5.74) is 2.72. The maximum Gasteiger partial charge on any atom is 0.171 e. The maximum absolute atomic E-state index is 5.83. The normalized spacial score (nSPS) is 22.1. The van der Waals surface area contributed by atoms with Crippen LogP contribution < -0.4 is 0 Å². The molecule has 0 saturated carbocycles. The number of aromatic nitrogens is 2. The van der Waals surface area contributed by atoms with Gasteiger partial charge in [-0.1, -0.05) is 30.4 Å². The summed E-state index contributed by atoms with van der Waals surface area (Å²) in [6.07, 6.45) is 15.7. The molecule has 0 saturated heterocycles. The van der Waals surface area contributed by atoms with E-state index in [-0.39, 0.29) is 0 Å². The highest BCUT2D eigenvalue weighted by atomic mass is 16.3.